The van der Waals surface area contributed by atoms with E-state index in [1.807, 2.05) is 6.92 Å². The molecule has 0 bridgehead atoms. The number of hydrogen-bond acceptors (Lipinski definition) is 2. The van der Waals surface area contributed by atoms with Crippen molar-refractivity contribution in [2.45, 2.75) is 13.3 Å². The summed E-state index contributed by atoms with van der Waals surface area (Å²) in [6.45, 7) is 5.79. The molecular weight excluding hydrogens is 204 g/mol. The summed E-state index contributed by atoms with van der Waals surface area (Å²) in [5.41, 5.74) is 1.84. The van der Waals surface area contributed by atoms with Gasteiger partial charge < -0.3 is 0 Å². The van der Waals surface area contributed by atoms with Crippen molar-refractivity contribution in [2.75, 3.05) is 0 Å². The molecule has 0 aliphatic heterocycles. The molecule has 0 atom stereocenters. The van der Waals surface area contributed by atoms with Gasteiger partial charge in [-0.25, -0.2) is 0 Å². The van der Waals surface area contributed by atoms with Gasteiger partial charge in [0.05, 0.1) is 11.4 Å². The predicted octanol–water partition coefficient (Wildman–Crippen LogP) is 2.40. The zero-order valence-electron chi connectivity index (χ0n) is 6.34. The third kappa shape index (κ3) is 1.87. The van der Waals surface area contributed by atoms with Crippen LogP contribution in [0.1, 0.15) is 18.3 Å². The van der Waals surface area contributed by atoms with Crippen LogP contribution >= 0.6 is 15.9 Å². The molecule has 0 N–H and O–H groups in total. The van der Waals surface area contributed by atoms with Gasteiger partial charge in [0.25, 0.3) is 0 Å². The average Bonchev–Trinajstić information content (AvgIpc) is 2.04. The summed E-state index contributed by atoms with van der Waals surface area (Å²) >= 11 is 3.28. The van der Waals surface area contributed by atoms with Crippen LogP contribution in [0.25, 0.3) is 4.48 Å². The van der Waals surface area contributed by atoms with Crippen LogP contribution in [0.5, 0.6) is 0 Å². The van der Waals surface area contributed by atoms with Crippen molar-refractivity contribution in [1.82, 2.24) is 9.97 Å². The Balaban J connectivity index is 3.12. The summed E-state index contributed by atoms with van der Waals surface area (Å²) in [4.78, 5) is 8.31. The maximum absolute atomic E-state index is 4.17. The first-order valence-corrected chi connectivity index (χ1v) is 4.19. The maximum Gasteiger partial charge on any atom is 0.0980 e. The normalized spacial score (nSPS) is 9.64. The van der Waals surface area contributed by atoms with E-state index in [2.05, 4.69) is 32.5 Å². The molecule has 0 saturated carbocycles. The van der Waals surface area contributed by atoms with Crippen LogP contribution < -0.4 is 0 Å². The summed E-state index contributed by atoms with van der Waals surface area (Å²) in [5, 5.41) is 0. The minimum Gasteiger partial charge on any atom is -0.257 e. The van der Waals surface area contributed by atoms with Crippen molar-refractivity contribution in [2.24, 2.45) is 0 Å². The first kappa shape index (κ1) is 8.40. The van der Waals surface area contributed by atoms with Gasteiger partial charge in [0.1, 0.15) is 0 Å². The number of hydrogen-bond donors (Lipinski definition) is 0. The SMILES string of the molecule is C=C(Br)c1nccnc1CC. The largest absolute Gasteiger partial charge is 0.257 e. The van der Waals surface area contributed by atoms with Gasteiger partial charge in [-0.3, -0.25) is 9.97 Å². The standard InChI is InChI=1S/C8H9BrN2/c1-3-7-8(6(2)9)11-5-4-10-7/h4-5H,2-3H2,1H3. The summed E-state index contributed by atoms with van der Waals surface area (Å²) in [6.07, 6.45) is 4.24. The molecule has 0 unspecified atom stereocenters. The van der Waals surface area contributed by atoms with Gasteiger partial charge in [-0.05, 0) is 22.4 Å². The van der Waals surface area contributed by atoms with E-state index in [-0.39, 0.29) is 0 Å². The highest BCUT2D eigenvalue weighted by Crippen LogP contribution is 2.18. The van der Waals surface area contributed by atoms with Gasteiger partial charge in [0, 0.05) is 16.9 Å². The van der Waals surface area contributed by atoms with Crippen molar-refractivity contribution in [3.8, 4) is 0 Å². The highest BCUT2D eigenvalue weighted by molar-refractivity contribution is 9.15. The number of aromatic nitrogens is 2. The van der Waals surface area contributed by atoms with E-state index in [4.69, 9.17) is 0 Å². The Morgan fingerprint density at radius 1 is 1.55 bits per heavy atom. The maximum atomic E-state index is 4.17. The summed E-state index contributed by atoms with van der Waals surface area (Å²) in [7, 11) is 0. The highest BCUT2D eigenvalue weighted by atomic mass is 79.9. The smallest absolute Gasteiger partial charge is 0.0980 e. The second kappa shape index (κ2) is 3.62. The number of halogens is 1. The molecule has 11 heavy (non-hydrogen) atoms. The minimum atomic E-state index is 0.794. The molecule has 2 nitrogen and oxygen atoms in total. The summed E-state index contributed by atoms with van der Waals surface area (Å²) in [6, 6.07) is 0. The molecule has 0 amide bonds. The molecule has 3 heteroatoms. The molecule has 0 spiro atoms. The van der Waals surface area contributed by atoms with E-state index < -0.39 is 0 Å². The lowest BCUT2D eigenvalue weighted by atomic mass is 10.2. The van der Waals surface area contributed by atoms with Crippen LogP contribution in [-0.2, 0) is 6.42 Å². The van der Waals surface area contributed by atoms with E-state index in [1.54, 1.807) is 12.4 Å². The van der Waals surface area contributed by atoms with E-state index in [0.717, 1.165) is 22.3 Å². The van der Waals surface area contributed by atoms with Gasteiger partial charge >= 0.3 is 0 Å². The zero-order chi connectivity index (χ0) is 8.27. The predicted molar refractivity (Wildman–Crippen MR) is 49.4 cm³/mol. The molecule has 1 rings (SSSR count). The van der Waals surface area contributed by atoms with E-state index in [9.17, 15) is 0 Å². The zero-order valence-corrected chi connectivity index (χ0v) is 7.93. The van der Waals surface area contributed by atoms with Gasteiger partial charge in [-0.1, -0.05) is 13.5 Å². The highest BCUT2D eigenvalue weighted by Gasteiger charge is 2.02. The molecule has 0 radical (unpaired) electrons. The first-order chi connectivity index (χ1) is 5.25. The van der Waals surface area contributed by atoms with E-state index in [0.29, 0.717) is 0 Å². The van der Waals surface area contributed by atoms with Crippen molar-refractivity contribution in [3.63, 3.8) is 0 Å². The third-order valence-corrected chi connectivity index (χ3v) is 1.74. The van der Waals surface area contributed by atoms with Gasteiger partial charge in [0.15, 0.2) is 0 Å². The second-order valence-corrected chi connectivity index (χ2v) is 3.07. The van der Waals surface area contributed by atoms with E-state index in [1.165, 1.54) is 0 Å². The molecule has 0 fully saturated rings. The number of aryl methyl sites for hydroxylation is 1. The molecule has 58 valence electrons. The van der Waals surface area contributed by atoms with Crippen molar-refractivity contribution < 1.29 is 0 Å². The lowest BCUT2D eigenvalue weighted by molar-refractivity contribution is 0.988. The Morgan fingerprint density at radius 2 is 2.18 bits per heavy atom. The number of rotatable bonds is 2. The topological polar surface area (TPSA) is 25.8 Å². The van der Waals surface area contributed by atoms with Crippen LogP contribution in [0.3, 0.4) is 0 Å². The van der Waals surface area contributed by atoms with Gasteiger partial charge in [-0.2, -0.15) is 0 Å². The molecule has 0 aliphatic rings. The van der Waals surface area contributed by atoms with Gasteiger partial charge in [-0.15, -0.1) is 0 Å². The molecule has 0 aliphatic carbocycles. The molecule has 1 aromatic heterocycles. The fraction of sp³-hybridized carbons (Fsp3) is 0.250. The lowest BCUT2D eigenvalue weighted by Gasteiger charge is -2.01. The second-order valence-electron chi connectivity index (χ2n) is 2.11. The Bertz CT molecular complexity index is 271. The van der Waals surface area contributed by atoms with Crippen LogP contribution in [0.15, 0.2) is 19.0 Å². The summed E-state index contributed by atoms with van der Waals surface area (Å²) < 4.78 is 0.794. The Labute approximate surface area is 74.5 Å². The fourth-order valence-corrected chi connectivity index (χ4v) is 1.18. The molecule has 0 saturated heterocycles. The van der Waals surface area contributed by atoms with Crippen LogP contribution in [-0.4, -0.2) is 9.97 Å². The van der Waals surface area contributed by atoms with Crippen molar-refractivity contribution >= 4 is 20.4 Å². The molecule has 1 aromatic rings. The Morgan fingerprint density at radius 3 is 2.64 bits per heavy atom. The fourth-order valence-electron chi connectivity index (χ4n) is 0.852. The monoisotopic (exact) mass is 212 g/mol. The van der Waals surface area contributed by atoms with Crippen LogP contribution in [0.4, 0.5) is 0 Å². The minimum absolute atomic E-state index is 0.794. The molecular formula is C8H9BrN2. The molecule has 0 aromatic carbocycles. The Hall–Kier alpha value is -0.700. The van der Waals surface area contributed by atoms with Crippen molar-refractivity contribution in [3.05, 3.63) is 30.4 Å². The third-order valence-electron chi connectivity index (χ3n) is 1.37. The quantitative estimate of drug-likeness (QED) is 0.753. The Kier molecular flexibility index (Phi) is 2.76. The van der Waals surface area contributed by atoms with Gasteiger partial charge in [0.2, 0.25) is 0 Å². The number of nitrogens with zero attached hydrogens (tertiary/aromatic N) is 2. The van der Waals surface area contributed by atoms with Crippen molar-refractivity contribution in [1.29, 1.82) is 0 Å². The summed E-state index contributed by atoms with van der Waals surface area (Å²) in [5.74, 6) is 0. The first-order valence-electron chi connectivity index (χ1n) is 3.40. The molecule has 1 heterocycles. The average molecular weight is 213 g/mol. The van der Waals surface area contributed by atoms with E-state index >= 15 is 0 Å². The lowest BCUT2D eigenvalue weighted by Crippen LogP contribution is -1.95. The van der Waals surface area contributed by atoms with Crippen LogP contribution in [0, 0.1) is 0 Å². The van der Waals surface area contributed by atoms with Crippen LogP contribution in [0.2, 0.25) is 0 Å².